The molecule has 1 rings (SSSR count). The predicted molar refractivity (Wildman–Crippen MR) is 49.6 cm³/mol. The maximum atomic E-state index is 11.1. The first-order valence-corrected chi connectivity index (χ1v) is 5.07. The van der Waals surface area contributed by atoms with E-state index in [1.165, 1.54) is 0 Å². The molecular weight excluding hydrogens is 184 g/mol. The van der Waals surface area contributed by atoms with Crippen molar-refractivity contribution >= 4 is 11.9 Å². The van der Waals surface area contributed by atoms with E-state index in [0.29, 0.717) is 19.3 Å². The lowest BCUT2D eigenvalue weighted by Crippen LogP contribution is -2.18. The molecule has 1 fully saturated rings. The highest BCUT2D eigenvalue weighted by atomic mass is 16.6. The Labute approximate surface area is 83.6 Å². The van der Waals surface area contributed by atoms with Crippen molar-refractivity contribution in [1.29, 1.82) is 0 Å². The molecule has 4 heteroatoms. The molecule has 1 atom stereocenters. The van der Waals surface area contributed by atoms with Crippen LogP contribution < -0.4 is 0 Å². The number of cyclic esters (lactones) is 1. The SMILES string of the molecule is CCCCC(=O)OC[C@@H]1CCC(=O)O1. The highest BCUT2D eigenvalue weighted by Crippen LogP contribution is 2.14. The molecule has 1 aliphatic rings. The molecule has 0 aromatic rings. The fourth-order valence-corrected chi connectivity index (χ4v) is 1.28. The second kappa shape index (κ2) is 5.62. The Bertz CT molecular complexity index is 212. The van der Waals surface area contributed by atoms with Gasteiger partial charge in [-0.3, -0.25) is 9.59 Å². The molecule has 1 saturated heterocycles. The van der Waals surface area contributed by atoms with Gasteiger partial charge in [0.25, 0.3) is 0 Å². The lowest BCUT2D eigenvalue weighted by atomic mass is 10.2. The van der Waals surface area contributed by atoms with Crippen LogP contribution in [0.15, 0.2) is 0 Å². The molecule has 0 N–H and O–H groups in total. The van der Waals surface area contributed by atoms with Crippen molar-refractivity contribution in [2.24, 2.45) is 0 Å². The smallest absolute Gasteiger partial charge is 0.306 e. The number of ether oxygens (including phenoxy) is 2. The van der Waals surface area contributed by atoms with Gasteiger partial charge < -0.3 is 9.47 Å². The van der Waals surface area contributed by atoms with Gasteiger partial charge in [0.1, 0.15) is 12.7 Å². The van der Waals surface area contributed by atoms with E-state index < -0.39 is 0 Å². The topological polar surface area (TPSA) is 52.6 Å². The first-order chi connectivity index (χ1) is 6.72. The zero-order valence-corrected chi connectivity index (χ0v) is 8.45. The normalized spacial score (nSPS) is 20.6. The van der Waals surface area contributed by atoms with Gasteiger partial charge in [0.05, 0.1) is 0 Å². The summed E-state index contributed by atoms with van der Waals surface area (Å²) < 4.78 is 9.86. The molecule has 4 nitrogen and oxygen atoms in total. The molecule has 0 radical (unpaired) electrons. The Balaban J connectivity index is 2.08. The van der Waals surface area contributed by atoms with Gasteiger partial charge in [0.15, 0.2) is 0 Å². The van der Waals surface area contributed by atoms with Crippen molar-refractivity contribution in [3.63, 3.8) is 0 Å². The molecule has 14 heavy (non-hydrogen) atoms. The summed E-state index contributed by atoms with van der Waals surface area (Å²) in [6, 6.07) is 0. The minimum Gasteiger partial charge on any atom is -0.462 e. The average molecular weight is 200 g/mol. The van der Waals surface area contributed by atoms with Crippen LogP contribution >= 0.6 is 0 Å². The van der Waals surface area contributed by atoms with Gasteiger partial charge in [-0.05, 0) is 12.8 Å². The third-order valence-electron chi connectivity index (χ3n) is 2.13. The minimum atomic E-state index is -0.215. The zero-order chi connectivity index (χ0) is 10.4. The van der Waals surface area contributed by atoms with Crippen LogP contribution in [0.5, 0.6) is 0 Å². The van der Waals surface area contributed by atoms with Crippen LogP contribution in [0.3, 0.4) is 0 Å². The van der Waals surface area contributed by atoms with Gasteiger partial charge in [-0.1, -0.05) is 13.3 Å². The van der Waals surface area contributed by atoms with Gasteiger partial charge in [-0.15, -0.1) is 0 Å². The fourth-order valence-electron chi connectivity index (χ4n) is 1.28. The predicted octanol–water partition coefficient (Wildman–Crippen LogP) is 1.43. The quantitative estimate of drug-likeness (QED) is 0.630. The van der Waals surface area contributed by atoms with Gasteiger partial charge >= 0.3 is 11.9 Å². The fraction of sp³-hybridized carbons (Fsp3) is 0.800. The monoisotopic (exact) mass is 200 g/mol. The summed E-state index contributed by atoms with van der Waals surface area (Å²) in [5.74, 6) is -0.394. The maximum Gasteiger partial charge on any atom is 0.306 e. The molecule has 0 unspecified atom stereocenters. The molecule has 0 aromatic heterocycles. The molecule has 1 aliphatic heterocycles. The van der Waals surface area contributed by atoms with E-state index in [2.05, 4.69) is 0 Å². The molecule has 0 bridgehead atoms. The summed E-state index contributed by atoms with van der Waals surface area (Å²) in [6.45, 7) is 2.24. The van der Waals surface area contributed by atoms with Crippen molar-refractivity contribution in [3.8, 4) is 0 Å². The van der Waals surface area contributed by atoms with E-state index in [1.54, 1.807) is 0 Å². The summed E-state index contributed by atoms with van der Waals surface area (Å²) in [5, 5.41) is 0. The van der Waals surface area contributed by atoms with Gasteiger partial charge in [0.2, 0.25) is 0 Å². The lowest BCUT2D eigenvalue weighted by molar-refractivity contribution is -0.152. The standard InChI is InChI=1S/C10H16O4/c1-2-3-4-9(11)13-7-8-5-6-10(12)14-8/h8H,2-7H2,1H3/t8-/m0/s1. The van der Waals surface area contributed by atoms with Crippen LogP contribution in [0.25, 0.3) is 0 Å². The van der Waals surface area contributed by atoms with Crippen molar-refractivity contribution < 1.29 is 19.1 Å². The third kappa shape index (κ3) is 3.77. The number of hydrogen-bond donors (Lipinski definition) is 0. The Kier molecular flexibility index (Phi) is 4.43. The third-order valence-corrected chi connectivity index (χ3v) is 2.13. The van der Waals surface area contributed by atoms with E-state index in [9.17, 15) is 9.59 Å². The second-order valence-electron chi connectivity index (χ2n) is 3.44. The van der Waals surface area contributed by atoms with E-state index in [0.717, 1.165) is 12.8 Å². The van der Waals surface area contributed by atoms with Crippen molar-refractivity contribution in [1.82, 2.24) is 0 Å². The molecule has 0 spiro atoms. The van der Waals surface area contributed by atoms with Gasteiger partial charge in [-0.2, -0.15) is 0 Å². The number of unbranched alkanes of at least 4 members (excludes halogenated alkanes) is 1. The van der Waals surface area contributed by atoms with Crippen molar-refractivity contribution in [2.45, 2.75) is 45.1 Å². The highest BCUT2D eigenvalue weighted by molar-refractivity contribution is 5.72. The van der Waals surface area contributed by atoms with E-state index in [4.69, 9.17) is 9.47 Å². The van der Waals surface area contributed by atoms with Gasteiger partial charge in [-0.25, -0.2) is 0 Å². The molecule has 0 aliphatic carbocycles. The number of carbonyl (C=O) groups is 2. The first kappa shape index (κ1) is 11.0. The molecule has 80 valence electrons. The van der Waals surface area contributed by atoms with Crippen molar-refractivity contribution in [3.05, 3.63) is 0 Å². The lowest BCUT2D eigenvalue weighted by Gasteiger charge is -2.09. The van der Waals surface area contributed by atoms with Gasteiger partial charge in [0, 0.05) is 12.8 Å². The van der Waals surface area contributed by atoms with E-state index >= 15 is 0 Å². The highest BCUT2D eigenvalue weighted by Gasteiger charge is 2.24. The average Bonchev–Trinajstić information content (AvgIpc) is 2.58. The van der Waals surface area contributed by atoms with E-state index in [1.807, 2.05) is 6.92 Å². The first-order valence-electron chi connectivity index (χ1n) is 5.07. The van der Waals surface area contributed by atoms with Crippen LogP contribution in [0.2, 0.25) is 0 Å². The van der Waals surface area contributed by atoms with Crippen molar-refractivity contribution in [2.75, 3.05) is 6.61 Å². The number of esters is 2. The summed E-state index contributed by atoms with van der Waals surface area (Å²) in [5.41, 5.74) is 0. The van der Waals surface area contributed by atoms with Crippen LogP contribution in [0, 0.1) is 0 Å². The summed E-state index contributed by atoms with van der Waals surface area (Å²) in [4.78, 5) is 21.8. The molecule has 0 aromatic carbocycles. The Morgan fingerprint density at radius 1 is 1.64 bits per heavy atom. The second-order valence-corrected chi connectivity index (χ2v) is 3.44. The number of rotatable bonds is 5. The Hall–Kier alpha value is -1.06. The minimum absolute atomic E-state index is 0.195. The Morgan fingerprint density at radius 3 is 3.00 bits per heavy atom. The summed E-state index contributed by atoms with van der Waals surface area (Å²) in [6.07, 6.45) is 3.18. The largest absolute Gasteiger partial charge is 0.462 e. The zero-order valence-electron chi connectivity index (χ0n) is 8.45. The maximum absolute atomic E-state index is 11.1. The molecule has 0 amide bonds. The van der Waals surface area contributed by atoms with Crippen LogP contribution in [-0.4, -0.2) is 24.6 Å². The van der Waals surface area contributed by atoms with Crippen LogP contribution in [0.4, 0.5) is 0 Å². The summed E-state index contributed by atoms with van der Waals surface area (Å²) >= 11 is 0. The van der Waals surface area contributed by atoms with E-state index in [-0.39, 0.29) is 24.6 Å². The number of carbonyl (C=O) groups excluding carboxylic acids is 2. The van der Waals surface area contributed by atoms with Crippen LogP contribution in [0.1, 0.15) is 39.0 Å². The summed E-state index contributed by atoms with van der Waals surface area (Å²) in [7, 11) is 0. The number of hydrogen-bond acceptors (Lipinski definition) is 4. The Morgan fingerprint density at radius 2 is 2.43 bits per heavy atom. The molecule has 0 saturated carbocycles. The molecular formula is C10H16O4. The molecule has 1 heterocycles. The van der Waals surface area contributed by atoms with Crippen LogP contribution in [-0.2, 0) is 19.1 Å².